The zero-order valence-corrected chi connectivity index (χ0v) is 14.1. The molecule has 1 heterocycles. The summed E-state index contributed by atoms with van der Waals surface area (Å²) in [5, 5.41) is 2.97. The van der Waals surface area contributed by atoms with Crippen LogP contribution >= 0.6 is 0 Å². The molecule has 0 saturated carbocycles. The lowest BCUT2D eigenvalue weighted by Gasteiger charge is -2.26. The summed E-state index contributed by atoms with van der Waals surface area (Å²) < 4.78 is 10.5. The van der Waals surface area contributed by atoms with Crippen molar-refractivity contribution in [3.05, 3.63) is 29.8 Å². The van der Waals surface area contributed by atoms with E-state index in [0.717, 1.165) is 25.0 Å². The van der Waals surface area contributed by atoms with Gasteiger partial charge in [0.15, 0.2) is 0 Å². The second-order valence-corrected chi connectivity index (χ2v) is 6.23. The summed E-state index contributed by atoms with van der Waals surface area (Å²) in [4.78, 5) is 12.2. The van der Waals surface area contributed by atoms with Gasteiger partial charge in [0.2, 0.25) is 5.91 Å². The zero-order chi connectivity index (χ0) is 16.7. The van der Waals surface area contributed by atoms with Crippen LogP contribution in [-0.4, -0.2) is 38.8 Å². The fraction of sp³-hybridized carbons (Fsp3) is 0.611. The summed E-state index contributed by atoms with van der Waals surface area (Å²) in [5.74, 6) is 1.43. The van der Waals surface area contributed by atoms with E-state index in [-0.39, 0.29) is 11.8 Å². The van der Waals surface area contributed by atoms with Crippen molar-refractivity contribution in [1.82, 2.24) is 5.32 Å². The predicted molar refractivity (Wildman–Crippen MR) is 90.6 cm³/mol. The molecule has 23 heavy (non-hydrogen) atoms. The number of methoxy groups -OCH3 is 1. The molecule has 2 atom stereocenters. The standard InChI is InChI=1S/C18H28N2O3/c1-13(14-3-5-16(22-2)6-4-14)7-10-20-18(21)17(19)15-8-11-23-12-9-15/h3-6,13,15,17H,7-12,19H2,1-2H3,(H,20,21). The Hall–Kier alpha value is -1.59. The van der Waals surface area contributed by atoms with Gasteiger partial charge in [-0.25, -0.2) is 0 Å². The van der Waals surface area contributed by atoms with E-state index in [1.165, 1.54) is 5.56 Å². The molecule has 2 unspecified atom stereocenters. The molecule has 0 spiro atoms. The van der Waals surface area contributed by atoms with Crippen LogP contribution in [0.2, 0.25) is 0 Å². The lowest BCUT2D eigenvalue weighted by molar-refractivity contribution is -0.124. The molecule has 5 nitrogen and oxygen atoms in total. The molecule has 5 heteroatoms. The minimum atomic E-state index is -0.421. The van der Waals surface area contributed by atoms with Gasteiger partial charge >= 0.3 is 0 Å². The lowest BCUT2D eigenvalue weighted by Crippen LogP contribution is -2.47. The highest BCUT2D eigenvalue weighted by Crippen LogP contribution is 2.21. The van der Waals surface area contributed by atoms with Crippen LogP contribution in [0.1, 0.15) is 37.7 Å². The van der Waals surface area contributed by atoms with Gasteiger partial charge in [-0.05, 0) is 48.8 Å². The van der Waals surface area contributed by atoms with Crippen molar-refractivity contribution in [1.29, 1.82) is 0 Å². The summed E-state index contributed by atoms with van der Waals surface area (Å²) >= 11 is 0. The maximum Gasteiger partial charge on any atom is 0.237 e. The van der Waals surface area contributed by atoms with Crippen molar-refractivity contribution in [2.24, 2.45) is 11.7 Å². The van der Waals surface area contributed by atoms with Crippen LogP contribution in [0.3, 0.4) is 0 Å². The first-order valence-corrected chi connectivity index (χ1v) is 8.36. The van der Waals surface area contributed by atoms with Crippen molar-refractivity contribution in [2.75, 3.05) is 26.9 Å². The third-order valence-electron chi connectivity index (χ3n) is 4.64. The number of rotatable bonds is 7. The molecule has 2 rings (SSSR count). The van der Waals surface area contributed by atoms with E-state index in [1.54, 1.807) is 7.11 Å². The number of hydrogen-bond acceptors (Lipinski definition) is 4. The lowest BCUT2D eigenvalue weighted by atomic mass is 9.91. The van der Waals surface area contributed by atoms with Gasteiger partial charge in [-0.3, -0.25) is 4.79 Å². The van der Waals surface area contributed by atoms with E-state index in [4.69, 9.17) is 15.2 Å². The van der Waals surface area contributed by atoms with Gasteiger partial charge in [0.1, 0.15) is 5.75 Å². The molecule has 1 amide bonds. The highest BCUT2D eigenvalue weighted by molar-refractivity contribution is 5.81. The van der Waals surface area contributed by atoms with E-state index in [1.807, 2.05) is 12.1 Å². The van der Waals surface area contributed by atoms with Gasteiger partial charge in [-0.15, -0.1) is 0 Å². The van der Waals surface area contributed by atoms with Crippen LogP contribution in [0, 0.1) is 5.92 Å². The maximum atomic E-state index is 12.2. The normalized spacial score (nSPS) is 18.2. The fourth-order valence-electron chi connectivity index (χ4n) is 2.92. The zero-order valence-electron chi connectivity index (χ0n) is 14.1. The number of carbonyl (C=O) groups excluding carboxylic acids is 1. The van der Waals surface area contributed by atoms with Crippen LogP contribution in [-0.2, 0) is 9.53 Å². The Morgan fingerprint density at radius 2 is 2.00 bits per heavy atom. The molecule has 128 valence electrons. The molecule has 0 radical (unpaired) electrons. The fourth-order valence-corrected chi connectivity index (χ4v) is 2.92. The predicted octanol–water partition coefficient (Wildman–Crippen LogP) is 2.06. The Bertz CT molecular complexity index is 484. The average Bonchev–Trinajstić information content (AvgIpc) is 2.61. The monoisotopic (exact) mass is 320 g/mol. The van der Waals surface area contributed by atoms with E-state index in [9.17, 15) is 4.79 Å². The molecule has 1 aliphatic rings. The molecule has 0 aromatic heterocycles. The highest BCUT2D eigenvalue weighted by atomic mass is 16.5. The first kappa shape index (κ1) is 17.8. The molecule has 1 aromatic carbocycles. The van der Waals surface area contributed by atoms with E-state index >= 15 is 0 Å². The highest BCUT2D eigenvalue weighted by Gasteiger charge is 2.26. The second kappa shape index (κ2) is 8.89. The summed E-state index contributed by atoms with van der Waals surface area (Å²) in [7, 11) is 1.66. The molecule has 3 N–H and O–H groups in total. The number of amides is 1. The van der Waals surface area contributed by atoms with Crippen LogP contribution in [0.4, 0.5) is 0 Å². The smallest absolute Gasteiger partial charge is 0.237 e. The minimum absolute atomic E-state index is 0.0427. The van der Waals surface area contributed by atoms with Crippen LogP contribution in [0.25, 0.3) is 0 Å². The Balaban J connectivity index is 1.73. The molecular formula is C18H28N2O3. The van der Waals surface area contributed by atoms with Crippen LogP contribution in [0.15, 0.2) is 24.3 Å². The Kier molecular flexibility index (Phi) is 6.86. The van der Waals surface area contributed by atoms with Crippen molar-refractivity contribution in [2.45, 2.75) is 38.1 Å². The van der Waals surface area contributed by atoms with E-state index in [0.29, 0.717) is 25.7 Å². The maximum absolute atomic E-state index is 12.2. The van der Waals surface area contributed by atoms with Gasteiger partial charge in [0.05, 0.1) is 13.2 Å². The quantitative estimate of drug-likeness (QED) is 0.806. The van der Waals surface area contributed by atoms with Crippen LogP contribution in [0.5, 0.6) is 5.75 Å². The molecule has 1 saturated heterocycles. The molecular weight excluding hydrogens is 292 g/mol. The average molecular weight is 320 g/mol. The molecule has 1 aromatic rings. The summed E-state index contributed by atoms with van der Waals surface area (Å²) in [6, 6.07) is 7.64. The van der Waals surface area contributed by atoms with E-state index < -0.39 is 6.04 Å². The summed E-state index contributed by atoms with van der Waals surface area (Å²) in [6.45, 7) is 4.22. The minimum Gasteiger partial charge on any atom is -0.497 e. The third-order valence-corrected chi connectivity index (χ3v) is 4.64. The number of carbonyl (C=O) groups is 1. The van der Waals surface area contributed by atoms with Crippen molar-refractivity contribution in [3.63, 3.8) is 0 Å². The Morgan fingerprint density at radius 3 is 2.61 bits per heavy atom. The van der Waals surface area contributed by atoms with Gasteiger partial charge in [0.25, 0.3) is 0 Å². The Morgan fingerprint density at radius 1 is 1.35 bits per heavy atom. The van der Waals surface area contributed by atoms with Crippen molar-refractivity contribution >= 4 is 5.91 Å². The Labute approximate surface area is 138 Å². The summed E-state index contributed by atoms with van der Waals surface area (Å²) in [6.07, 6.45) is 2.63. The van der Waals surface area contributed by atoms with Crippen molar-refractivity contribution in [3.8, 4) is 5.75 Å². The van der Waals surface area contributed by atoms with Gasteiger partial charge in [0, 0.05) is 19.8 Å². The number of nitrogens with one attached hydrogen (secondary N) is 1. The summed E-state index contributed by atoms with van der Waals surface area (Å²) in [5.41, 5.74) is 7.31. The number of benzene rings is 1. The third kappa shape index (κ3) is 5.22. The topological polar surface area (TPSA) is 73.6 Å². The molecule has 1 fully saturated rings. The second-order valence-electron chi connectivity index (χ2n) is 6.23. The molecule has 0 bridgehead atoms. The molecule has 1 aliphatic heterocycles. The van der Waals surface area contributed by atoms with Crippen molar-refractivity contribution < 1.29 is 14.3 Å². The molecule has 0 aliphatic carbocycles. The number of hydrogen-bond donors (Lipinski definition) is 2. The first-order valence-electron chi connectivity index (χ1n) is 8.36. The first-order chi connectivity index (χ1) is 11.1. The van der Waals surface area contributed by atoms with E-state index in [2.05, 4.69) is 24.4 Å². The van der Waals surface area contributed by atoms with Gasteiger partial charge in [-0.2, -0.15) is 0 Å². The largest absolute Gasteiger partial charge is 0.497 e. The number of ether oxygens (including phenoxy) is 2. The number of nitrogens with two attached hydrogens (primary N) is 1. The van der Waals surface area contributed by atoms with Crippen LogP contribution < -0.4 is 15.8 Å². The SMILES string of the molecule is COc1ccc(C(C)CCNC(=O)C(N)C2CCOCC2)cc1. The van der Waals surface area contributed by atoms with Gasteiger partial charge in [-0.1, -0.05) is 19.1 Å². The van der Waals surface area contributed by atoms with Gasteiger partial charge < -0.3 is 20.5 Å².